The summed E-state index contributed by atoms with van der Waals surface area (Å²) in [5, 5.41) is 3.32. The Kier molecular flexibility index (Phi) is 4.90. The fourth-order valence-corrected chi connectivity index (χ4v) is 3.99. The molecule has 1 aliphatic rings. The van der Waals surface area contributed by atoms with Crippen LogP contribution in [-0.2, 0) is 6.61 Å². The molecule has 1 amide bonds. The van der Waals surface area contributed by atoms with E-state index in [0.717, 1.165) is 11.1 Å². The smallest absolute Gasteiger partial charge is 0.288 e. The molecule has 1 atom stereocenters. The van der Waals surface area contributed by atoms with Gasteiger partial charge in [-0.25, -0.2) is 0 Å². The van der Waals surface area contributed by atoms with Crippen molar-refractivity contribution >= 4 is 16.9 Å². The molecule has 1 unspecified atom stereocenters. The normalized spacial score (nSPS) is 14.8. The molecule has 0 saturated carbocycles. The number of carbonyl (C=O) groups excluding carboxylic acids is 1. The van der Waals surface area contributed by atoms with Crippen molar-refractivity contribution in [2.75, 3.05) is 7.11 Å². The molecule has 6 nitrogen and oxygen atoms in total. The van der Waals surface area contributed by atoms with E-state index in [9.17, 15) is 9.59 Å². The molecule has 0 fully saturated rings. The van der Waals surface area contributed by atoms with E-state index in [1.807, 2.05) is 49.4 Å². The lowest BCUT2D eigenvalue weighted by Gasteiger charge is -2.16. The van der Waals surface area contributed by atoms with Crippen molar-refractivity contribution in [2.24, 2.45) is 0 Å². The Hall–Kier alpha value is -4.06. The summed E-state index contributed by atoms with van der Waals surface area (Å²) >= 11 is 0. The van der Waals surface area contributed by atoms with E-state index >= 15 is 0 Å². The summed E-state index contributed by atoms with van der Waals surface area (Å²) < 4.78 is 17.3. The van der Waals surface area contributed by atoms with Crippen molar-refractivity contribution in [1.29, 1.82) is 0 Å². The number of benzene rings is 3. The number of amides is 1. The van der Waals surface area contributed by atoms with E-state index in [-0.39, 0.29) is 11.2 Å². The standard InChI is InChI=1S/C26H21NO5/c1-15-8-10-19-18(12-15)24(28)22-23(27-26(29)25(22)32-19)17-9-11-20(21(13-17)30-2)31-14-16-6-4-3-5-7-16/h3-13,23H,14H2,1-2H3,(H,27,29). The molecule has 160 valence electrons. The highest BCUT2D eigenvalue weighted by Crippen LogP contribution is 2.36. The lowest BCUT2D eigenvalue weighted by atomic mass is 9.98. The van der Waals surface area contributed by atoms with Gasteiger partial charge in [0.2, 0.25) is 5.76 Å². The van der Waals surface area contributed by atoms with Crippen LogP contribution in [-0.4, -0.2) is 13.0 Å². The first-order valence-corrected chi connectivity index (χ1v) is 10.3. The Morgan fingerprint density at radius 2 is 1.78 bits per heavy atom. The first-order valence-electron chi connectivity index (χ1n) is 10.3. The highest BCUT2D eigenvalue weighted by Gasteiger charge is 2.36. The topological polar surface area (TPSA) is 77.8 Å². The van der Waals surface area contributed by atoms with Gasteiger partial charge in [-0.3, -0.25) is 9.59 Å². The number of nitrogens with one attached hydrogen (secondary N) is 1. The molecule has 4 aromatic rings. The second-order valence-electron chi connectivity index (χ2n) is 7.76. The van der Waals surface area contributed by atoms with Gasteiger partial charge in [0.05, 0.1) is 24.1 Å². The zero-order chi connectivity index (χ0) is 22.2. The van der Waals surface area contributed by atoms with Gasteiger partial charge in [-0.1, -0.05) is 48.0 Å². The van der Waals surface area contributed by atoms with Crippen LogP contribution < -0.4 is 20.2 Å². The maximum absolute atomic E-state index is 13.3. The average Bonchev–Trinajstić information content (AvgIpc) is 3.15. The number of aryl methyl sites for hydroxylation is 1. The minimum Gasteiger partial charge on any atom is -0.493 e. The van der Waals surface area contributed by atoms with Gasteiger partial charge in [-0.05, 0) is 42.3 Å². The zero-order valence-electron chi connectivity index (χ0n) is 17.7. The highest BCUT2D eigenvalue weighted by molar-refractivity contribution is 5.99. The van der Waals surface area contributed by atoms with Crippen molar-refractivity contribution in [1.82, 2.24) is 5.32 Å². The van der Waals surface area contributed by atoms with E-state index in [0.29, 0.717) is 40.2 Å². The predicted molar refractivity (Wildman–Crippen MR) is 120 cm³/mol. The van der Waals surface area contributed by atoms with E-state index in [2.05, 4.69) is 5.32 Å². The Morgan fingerprint density at radius 3 is 2.56 bits per heavy atom. The SMILES string of the molecule is COc1cc(C2NC(=O)c3oc4ccc(C)cc4c(=O)c32)ccc1OCc1ccccc1. The Bertz CT molecular complexity index is 1390. The van der Waals surface area contributed by atoms with Crippen LogP contribution in [0.4, 0.5) is 0 Å². The van der Waals surface area contributed by atoms with Crippen molar-refractivity contribution in [3.8, 4) is 11.5 Å². The molecular weight excluding hydrogens is 406 g/mol. The van der Waals surface area contributed by atoms with Gasteiger partial charge in [-0.15, -0.1) is 0 Å². The quantitative estimate of drug-likeness (QED) is 0.507. The first kappa shape index (κ1) is 19.9. The second kappa shape index (κ2) is 7.89. The third kappa shape index (κ3) is 3.39. The Morgan fingerprint density at radius 1 is 0.969 bits per heavy atom. The molecule has 0 aliphatic carbocycles. The summed E-state index contributed by atoms with van der Waals surface area (Å²) in [5.74, 6) is 0.737. The third-order valence-electron chi connectivity index (χ3n) is 5.61. The van der Waals surface area contributed by atoms with Crippen LogP contribution in [0.3, 0.4) is 0 Å². The Labute approximate surface area is 184 Å². The molecule has 1 N–H and O–H groups in total. The first-order chi connectivity index (χ1) is 15.5. The van der Waals surface area contributed by atoms with Crippen LogP contribution >= 0.6 is 0 Å². The molecule has 2 heterocycles. The monoisotopic (exact) mass is 427 g/mol. The minimum absolute atomic E-state index is 0.0553. The molecule has 32 heavy (non-hydrogen) atoms. The lowest BCUT2D eigenvalue weighted by Crippen LogP contribution is -2.22. The van der Waals surface area contributed by atoms with Crippen LogP contribution in [0.2, 0.25) is 0 Å². The van der Waals surface area contributed by atoms with Crippen LogP contribution in [0.25, 0.3) is 11.0 Å². The molecule has 5 rings (SSSR count). The average molecular weight is 427 g/mol. The second-order valence-corrected chi connectivity index (χ2v) is 7.76. The molecule has 1 aliphatic heterocycles. The number of carbonyl (C=O) groups is 1. The Balaban J connectivity index is 1.52. The highest BCUT2D eigenvalue weighted by atomic mass is 16.5. The van der Waals surface area contributed by atoms with E-state index in [1.165, 1.54) is 0 Å². The molecule has 6 heteroatoms. The zero-order valence-corrected chi connectivity index (χ0v) is 17.7. The fourth-order valence-electron chi connectivity index (χ4n) is 3.99. The van der Waals surface area contributed by atoms with Gasteiger partial charge < -0.3 is 19.2 Å². The molecule has 0 radical (unpaired) electrons. The number of hydrogen-bond acceptors (Lipinski definition) is 5. The number of ether oxygens (including phenoxy) is 2. The van der Waals surface area contributed by atoms with Crippen molar-refractivity contribution in [3.05, 3.63) is 105 Å². The summed E-state index contributed by atoms with van der Waals surface area (Å²) in [5.41, 5.74) is 3.19. The summed E-state index contributed by atoms with van der Waals surface area (Å²) in [4.78, 5) is 25.9. The van der Waals surface area contributed by atoms with Gasteiger partial charge in [0.1, 0.15) is 12.2 Å². The number of methoxy groups -OCH3 is 1. The molecular formula is C26H21NO5. The van der Waals surface area contributed by atoms with E-state index < -0.39 is 11.9 Å². The third-order valence-corrected chi connectivity index (χ3v) is 5.61. The molecule has 1 aromatic heterocycles. The van der Waals surface area contributed by atoms with Gasteiger partial charge in [-0.2, -0.15) is 0 Å². The van der Waals surface area contributed by atoms with Gasteiger partial charge in [0.25, 0.3) is 5.91 Å². The van der Waals surface area contributed by atoms with Crippen molar-refractivity contribution in [3.63, 3.8) is 0 Å². The van der Waals surface area contributed by atoms with Gasteiger partial charge in [0.15, 0.2) is 16.9 Å². The summed E-state index contributed by atoms with van der Waals surface area (Å²) in [6, 6.07) is 19.9. The van der Waals surface area contributed by atoms with Crippen LogP contribution in [0.5, 0.6) is 11.5 Å². The van der Waals surface area contributed by atoms with Crippen LogP contribution in [0, 0.1) is 6.92 Å². The summed E-state index contributed by atoms with van der Waals surface area (Å²) in [6.45, 7) is 2.31. The molecule has 0 spiro atoms. The summed E-state index contributed by atoms with van der Waals surface area (Å²) in [7, 11) is 1.56. The van der Waals surface area contributed by atoms with E-state index in [1.54, 1.807) is 31.4 Å². The van der Waals surface area contributed by atoms with Crippen LogP contribution in [0.1, 0.15) is 38.9 Å². The maximum Gasteiger partial charge on any atom is 0.288 e. The minimum atomic E-state index is -0.629. The predicted octanol–water partition coefficient (Wildman–Crippen LogP) is 4.52. The fraction of sp³-hybridized carbons (Fsp3) is 0.154. The van der Waals surface area contributed by atoms with Crippen molar-refractivity contribution < 1.29 is 18.7 Å². The number of rotatable bonds is 5. The van der Waals surface area contributed by atoms with Gasteiger partial charge in [0, 0.05) is 0 Å². The maximum atomic E-state index is 13.3. The lowest BCUT2D eigenvalue weighted by molar-refractivity contribution is 0.0938. The molecule has 3 aromatic carbocycles. The largest absolute Gasteiger partial charge is 0.493 e. The van der Waals surface area contributed by atoms with Gasteiger partial charge >= 0.3 is 0 Å². The van der Waals surface area contributed by atoms with Crippen molar-refractivity contribution in [2.45, 2.75) is 19.6 Å². The van der Waals surface area contributed by atoms with Crippen LogP contribution in [0.15, 0.2) is 75.9 Å². The summed E-state index contributed by atoms with van der Waals surface area (Å²) in [6.07, 6.45) is 0. The molecule has 0 bridgehead atoms. The van der Waals surface area contributed by atoms with E-state index in [4.69, 9.17) is 13.9 Å². The number of hydrogen-bond donors (Lipinski definition) is 1. The number of fused-ring (bicyclic) bond motifs is 2. The molecule has 0 saturated heterocycles.